The van der Waals surface area contributed by atoms with Gasteiger partial charge in [0, 0.05) is 57.4 Å². The van der Waals surface area contributed by atoms with Gasteiger partial charge in [-0.2, -0.15) is 0 Å². The number of fused-ring (bicyclic) bond motifs is 1. The monoisotopic (exact) mass is 415 g/mol. The van der Waals surface area contributed by atoms with Crippen LogP contribution in [0.3, 0.4) is 0 Å². The number of hydrogen-bond donors (Lipinski definition) is 1. The second-order valence-electron chi connectivity index (χ2n) is 8.58. The third-order valence-corrected chi connectivity index (χ3v) is 6.49. The summed E-state index contributed by atoms with van der Waals surface area (Å²) in [5.74, 6) is 0.979. The molecule has 0 bridgehead atoms. The first-order valence-electron chi connectivity index (χ1n) is 11.1. The van der Waals surface area contributed by atoms with E-state index in [9.17, 15) is 9.59 Å². The number of amides is 3. The van der Waals surface area contributed by atoms with Gasteiger partial charge in [-0.25, -0.2) is 4.79 Å². The molecule has 1 aliphatic carbocycles. The highest BCUT2D eigenvalue weighted by Gasteiger charge is 2.42. The van der Waals surface area contributed by atoms with E-state index in [1.165, 1.54) is 6.42 Å². The number of anilines is 1. The minimum atomic E-state index is -0.519. The third kappa shape index (κ3) is 3.80. The standard InChI is InChI=1S/C22H29N3O5/c26-20(18-5-4-14-28-18)24-10-12-25(13-11-24)21(27)23-16-6-7-17-19(15-16)30-22(29-17)8-2-1-3-9-22/h6-7,15,18H,1-5,8-14H2,(H,23,27)/t18-/m1/s1. The predicted molar refractivity (Wildman–Crippen MR) is 110 cm³/mol. The number of rotatable bonds is 2. The molecule has 1 atom stereocenters. The maximum Gasteiger partial charge on any atom is 0.321 e. The van der Waals surface area contributed by atoms with E-state index in [1.807, 2.05) is 23.1 Å². The molecular weight excluding hydrogens is 386 g/mol. The Hall–Kier alpha value is -2.48. The maximum atomic E-state index is 12.7. The van der Waals surface area contributed by atoms with Crippen molar-refractivity contribution in [3.63, 3.8) is 0 Å². The zero-order valence-corrected chi connectivity index (χ0v) is 17.2. The summed E-state index contributed by atoms with van der Waals surface area (Å²) in [5.41, 5.74) is 0.688. The van der Waals surface area contributed by atoms with E-state index in [2.05, 4.69) is 5.32 Å². The second-order valence-corrected chi connectivity index (χ2v) is 8.58. The minimum Gasteiger partial charge on any atom is -0.448 e. The lowest BCUT2D eigenvalue weighted by Gasteiger charge is -2.35. The Balaban J connectivity index is 1.15. The van der Waals surface area contributed by atoms with Crippen LogP contribution in [0.15, 0.2) is 18.2 Å². The summed E-state index contributed by atoms with van der Waals surface area (Å²) in [6.07, 6.45) is 6.68. The quantitative estimate of drug-likeness (QED) is 0.803. The van der Waals surface area contributed by atoms with Crippen LogP contribution < -0.4 is 14.8 Å². The molecule has 5 rings (SSSR count). The molecule has 1 spiro atoms. The van der Waals surface area contributed by atoms with Crippen molar-refractivity contribution in [1.29, 1.82) is 0 Å². The van der Waals surface area contributed by atoms with Crippen LogP contribution in [0.2, 0.25) is 0 Å². The van der Waals surface area contributed by atoms with Crippen LogP contribution in [-0.2, 0) is 9.53 Å². The van der Waals surface area contributed by atoms with Gasteiger partial charge in [0.25, 0.3) is 11.7 Å². The molecule has 3 amide bonds. The van der Waals surface area contributed by atoms with Gasteiger partial charge in [-0.05, 0) is 37.8 Å². The van der Waals surface area contributed by atoms with Crippen molar-refractivity contribution in [3.05, 3.63) is 18.2 Å². The summed E-state index contributed by atoms with van der Waals surface area (Å²) in [6, 6.07) is 5.39. The Morgan fingerprint density at radius 3 is 2.40 bits per heavy atom. The van der Waals surface area contributed by atoms with E-state index in [4.69, 9.17) is 14.2 Å². The van der Waals surface area contributed by atoms with Gasteiger partial charge in [0.2, 0.25) is 0 Å². The lowest BCUT2D eigenvalue weighted by atomic mass is 9.94. The smallest absolute Gasteiger partial charge is 0.321 e. The molecule has 162 valence electrons. The molecule has 1 aromatic carbocycles. The number of benzene rings is 1. The van der Waals surface area contributed by atoms with Crippen molar-refractivity contribution < 1.29 is 23.8 Å². The molecule has 8 nitrogen and oxygen atoms in total. The van der Waals surface area contributed by atoms with E-state index in [0.29, 0.717) is 44.2 Å². The Kier molecular flexibility index (Phi) is 5.18. The highest BCUT2D eigenvalue weighted by atomic mass is 16.7. The van der Waals surface area contributed by atoms with Gasteiger partial charge in [-0.1, -0.05) is 6.42 Å². The number of ether oxygens (including phenoxy) is 3. The Morgan fingerprint density at radius 1 is 0.933 bits per heavy atom. The summed E-state index contributed by atoms with van der Waals surface area (Å²) in [5, 5.41) is 2.96. The first kappa shape index (κ1) is 19.5. The van der Waals surface area contributed by atoms with Crippen LogP contribution in [0.1, 0.15) is 44.9 Å². The molecule has 3 fully saturated rings. The summed E-state index contributed by atoms with van der Waals surface area (Å²) in [4.78, 5) is 28.7. The van der Waals surface area contributed by atoms with Crippen LogP contribution in [-0.4, -0.2) is 66.4 Å². The van der Waals surface area contributed by atoms with Crippen LogP contribution in [0.25, 0.3) is 0 Å². The number of nitrogens with one attached hydrogen (secondary N) is 1. The fourth-order valence-corrected chi connectivity index (χ4v) is 4.77. The first-order chi connectivity index (χ1) is 14.6. The number of carbonyl (C=O) groups is 2. The largest absolute Gasteiger partial charge is 0.448 e. The van der Waals surface area contributed by atoms with Crippen LogP contribution >= 0.6 is 0 Å². The van der Waals surface area contributed by atoms with Crippen molar-refractivity contribution >= 4 is 17.6 Å². The second kappa shape index (κ2) is 7.98. The molecule has 30 heavy (non-hydrogen) atoms. The van der Waals surface area contributed by atoms with Gasteiger partial charge in [0.1, 0.15) is 6.10 Å². The number of carbonyl (C=O) groups excluding carboxylic acids is 2. The van der Waals surface area contributed by atoms with E-state index < -0.39 is 5.79 Å². The van der Waals surface area contributed by atoms with E-state index in [0.717, 1.165) is 44.3 Å². The molecule has 3 heterocycles. The summed E-state index contributed by atoms with van der Waals surface area (Å²) < 4.78 is 17.7. The summed E-state index contributed by atoms with van der Waals surface area (Å²) >= 11 is 0. The Morgan fingerprint density at radius 2 is 1.67 bits per heavy atom. The fourth-order valence-electron chi connectivity index (χ4n) is 4.77. The highest BCUT2D eigenvalue weighted by Crippen LogP contribution is 2.46. The van der Waals surface area contributed by atoms with Crippen molar-refractivity contribution in [1.82, 2.24) is 9.80 Å². The zero-order chi connectivity index (χ0) is 20.6. The SMILES string of the molecule is O=C(Nc1ccc2c(c1)OC1(CCCCC1)O2)N1CCN(C(=O)[C@H]2CCCO2)CC1. The van der Waals surface area contributed by atoms with Gasteiger partial charge >= 0.3 is 6.03 Å². The molecule has 1 aromatic rings. The summed E-state index contributed by atoms with van der Waals surface area (Å²) in [7, 11) is 0. The van der Waals surface area contributed by atoms with Crippen LogP contribution in [0, 0.1) is 0 Å². The Bertz CT molecular complexity index is 809. The lowest BCUT2D eigenvalue weighted by molar-refractivity contribution is -0.142. The number of piperazine rings is 1. The molecule has 0 unspecified atom stereocenters. The van der Waals surface area contributed by atoms with Crippen molar-refractivity contribution in [2.75, 3.05) is 38.1 Å². The number of hydrogen-bond acceptors (Lipinski definition) is 5. The fraction of sp³-hybridized carbons (Fsp3) is 0.636. The normalized spacial score (nSPS) is 24.9. The molecule has 0 radical (unpaired) electrons. The number of urea groups is 1. The van der Waals surface area contributed by atoms with Gasteiger partial charge in [0.05, 0.1) is 0 Å². The van der Waals surface area contributed by atoms with Gasteiger partial charge < -0.3 is 29.3 Å². The molecule has 3 aliphatic heterocycles. The zero-order valence-electron chi connectivity index (χ0n) is 17.2. The van der Waals surface area contributed by atoms with Crippen molar-refractivity contribution in [3.8, 4) is 11.5 Å². The van der Waals surface area contributed by atoms with Crippen molar-refractivity contribution in [2.24, 2.45) is 0 Å². The average Bonchev–Trinajstić information content (AvgIpc) is 3.41. The third-order valence-electron chi connectivity index (χ3n) is 6.49. The van der Waals surface area contributed by atoms with E-state index in [1.54, 1.807) is 4.90 Å². The molecular formula is C22H29N3O5. The van der Waals surface area contributed by atoms with Gasteiger partial charge in [0.15, 0.2) is 11.5 Å². The Labute approximate surface area is 176 Å². The maximum absolute atomic E-state index is 12.7. The minimum absolute atomic E-state index is 0.0555. The topological polar surface area (TPSA) is 80.3 Å². The van der Waals surface area contributed by atoms with Crippen LogP contribution in [0.4, 0.5) is 10.5 Å². The first-order valence-corrected chi connectivity index (χ1v) is 11.1. The lowest BCUT2D eigenvalue weighted by Crippen LogP contribution is -2.53. The highest BCUT2D eigenvalue weighted by molar-refractivity contribution is 5.90. The van der Waals surface area contributed by atoms with Crippen molar-refractivity contribution in [2.45, 2.75) is 56.8 Å². The number of nitrogens with zero attached hydrogens (tertiary/aromatic N) is 2. The molecule has 1 N–H and O–H groups in total. The molecule has 0 aromatic heterocycles. The van der Waals surface area contributed by atoms with Gasteiger partial charge in [-0.3, -0.25) is 4.79 Å². The van der Waals surface area contributed by atoms with Crippen LogP contribution in [0.5, 0.6) is 11.5 Å². The average molecular weight is 415 g/mol. The molecule has 8 heteroatoms. The molecule has 2 saturated heterocycles. The van der Waals surface area contributed by atoms with E-state index >= 15 is 0 Å². The molecule has 4 aliphatic rings. The molecule has 1 saturated carbocycles. The predicted octanol–water partition coefficient (Wildman–Crippen LogP) is 2.97. The summed E-state index contributed by atoms with van der Waals surface area (Å²) in [6.45, 7) is 2.76. The van der Waals surface area contributed by atoms with Gasteiger partial charge in [-0.15, -0.1) is 0 Å². The van der Waals surface area contributed by atoms with E-state index in [-0.39, 0.29) is 18.0 Å².